The zero-order valence-corrected chi connectivity index (χ0v) is 14.3. The van der Waals surface area contributed by atoms with Gasteiger partial charge in [-0.15, -0.1) is 0 Å². The third-order valence-corrected chi connectivity index (χ3v) is 4.09. The van der Waals surface area contributed by atoms with Gasteiger partial charge in [-0.3, -0.25) is 4.79 Å². The molecule has 0 spiro atoms. The number of carbonyl (C=O) groups is 1. The summed E-state index contributed by atoms with van der Waals surface area (Å²) in [6, 6.07) is 12.2. The SMILES string of the molecule is Cc1cc(C)n(-c2cccc(NC(=O)c3cc4c(cc3O)OCO4)c2)n1. The molecule has 0 saturated heterocycles. The normalized spacial score (nSPS) is 12.2. The molecule has 26 heavy (non-hydrogen) atoms. The quantitative estimate of drug-likeness (QED) is 0.757. The molecule has 1 aliphatic rings. The van der Waals surface area contributed by atoms with Crippen LogP contribution in [0.25, 0.3) is 5.69 Å². The number of carbonyl (C=O) groups excluding carboxylic acids is 1. The lowest BCUT2D eigenvalue weighted by atomic mass is 10.1. The van der Waals surface area contributed by atoms with Gasteiger partial charge in [0.15, 0.2) is 11.5 Å². The first-order valence-corrected chi connectivity index (χ1v) is 8.09. The minimum atomic E-state index is -0.439. The van der Waals surface area contributed by atoms with E-state index in [2.05, 4.69) is 10.4 Å². The molecule has 132 valence electrons. The van der Waals surface area contributed by atoms with E-state index in [4.69, 9.17) is 9.47 Å². The second-order valence-electron chi connectivity index (χ2n) is 6.07. The number of amides is 1. The van der Waals surface area contributed by atoms with Crippen LogP contribution in [0.4, 0.5) is 5.69 Å². The molecule has 0 unspecified atom stereocenters. The molecular formula is C19H17N3O4. The minimum Gasteiger partial charge on any atom is -0.507 e. The van der Waals surface area contributed by atoms with Crippen LogP contribution in [-0.4, -0.2) is 27.6 Å². The van der Waals surface area contributed by atoms with Gasteiger partial charge in [-0.25, -0.2) is 4.68 Å². The van der Waals surface area contributed by atoms with Crippen LogP contribution >= 0.6 is 0 Å². The average molecular weight is 351 g/mol. The summed E-state index contributed by atoms with van der Waals surface area (Å²) in [5, 5.41) is 17.3. The fourth-order valence-corrected chi connectivity index (χ4v) is 2.92. The van der Waals surface area contributed by atoms with E-state index in [1.165, 1.54) is 12.1 Å². The number of aromatic nitrogens is 2. The molecule has 0 fully saturated rings. The number of hydrogen-bond acceptors (Lipinski definition) is 5. The average Bonchev–Trinajstić information content (AvgIpc) is 3.19. The molecule has 2 heterocycles. The Morgan fingerprint density at radius 2 is 1.92 bits per heavy atom. The van der Waals surface area contributed by atoms with Crippen LogP contribution < -0.4 is 14.8 Å². The number of aryl methyl sites for hydroxylation is 2. The van der Waals surface area contributed by atoms with E-state index in [9.17, 15) is 9.90 Å². The van der Waals surface area contributed by atoms with Gasteiger partial charge in [-0.1, -0.05) is 6.07 Å². The summed E-state index contributed by atoms with van der Waals surface area (Å²) in [6.45, 7) is 3.97. The van der Waals surface area contributed by atoms with Gasteiger partial charge in [-0.2, -0.15) is 5.10 Å². The molecule has 0 atom stereocenters. The summed E-state index contributed by atoms with van der Waals surface area (Å²) in [7, 11) is 0. The second-order valence-corrected chi connectivity index (χ2v) is 6.07. The lowest BCUT2D eigenvalue weighted by Crippen LogP contribution is -2.12. The number of rotatable bonds is 3. The number of hydrogen-bond donors (Lipinski definition) is 2. The summed E-state index contributed by atoms with van der Waals surface area (Å²) < 4.78 is 12.3. The molecule has 1 aromatic heterocycles. The van der Waals surface area contributed by atoms with Crippen molar-refractivity contribution in [2.45, 2.75) is 13.8 Å². The Bertz CT molecular complexity index is 1010. The Morgan fingerprint density at radius 1 is 1.15 bits per heavy atom. The van der Waals surface area contributed by atoms with Gasteiger partial charge in [-0.05, 0) is 38.1 Å². The largest absolute Gasteiger partial charge is 0.507 e. The fourth-order valence-electron chi connectivity index (χ4n) is 2.92. The van der Waals surface area contributed by atoms with Crippen LogP contribution in [0.1, 0.15) is 21.7 Å². The first kappa shape index (κ1) is 16.0. The van der Waals surface area contributed by atoms with Crippen molar-refractivity contribution in [2.75, 3.05) is 12.1 Å². The van der Waals surface area contributed by atoms with E-state index >= 15 is 0 Å². The Balaban J connectivity index is 1.61. The molecule has 0 bridgehead atoms. The van der Waals surface area contributed by atoms with Crippen molar-refractivity contribution in [3.8, 4) is 22.9 Å². The molecule has 1 amide bonds. The van der Waals surface area contributed by atoms with Gasteiger partial charge in [0, 0.05) is 23.5 Å². The van der Waals surface area contributed by atoms with Crippen molar-refractivity contribution in [1.29, 1.82) is 0 Å². The van der Waals surface area contributed by atoms with E-state index in [0.29, 0.717) is 17.2 Å². The summed E-state index contributed by atoms with van der Waals surface area (Å²) in [5.74, 6) is 0.252. The van der Waals surface area contributed by atoms with Crippen molar-refractivity contribution in [3.63, 3.8) is 0 Å². The van der Waals surface area contributed by atoms with Crippen LogP contribution in [-0.2, 0) is 0 Å². The van der Waals surface area contributed by atoms with Gasteiger partial charge in [0.2, 0.25) is 6.79 Å². The van der Waals surface area contributed by atoms with Gasteiger partial charge in [0.05, 0.1) is 16.9 Å². The van der Waals surface area contributed by atoms with E-state index < -0.39 is 5.91 Å². The smallest absolute Gasteiger partial charge is 0.259 e. The number of phenolic OH excluding ortho intramolecular Hbond substituents is 1. The highest BCUT2D eigenvalue weighted by Gasteiger charge is 2.21. The minimum absolute atomic E-state index is 0.0739. The van der Waals surface area contributed by atoms with E-state index in [-0.39, 0.29) is 18.1 Å². The van der Waals surface area contributed by atoms with Crippen molar-refractivity contribution >= 4 is 11.6 Å². The molecule has 0 saturated carbocycles. The third kappa shape index (κ3) is 2.83. The standard InChI is InChI=1S/C19H17N3O4/c1-11-6-12(2)22(21-11)14-5-3-4-13(7-14)20-19(24)15-8-17-18(9-16(15)23)26-10-25-17/h3-9,23H,10H2,1-2H3,(H,20,24). The monoisotopic (exact) mass is 351 g/mol. The van der Waals surface area contributed by atoms with Crippen LogP contribution in [0.3, 0.4) is 0 Å². The molecular weight excluding hydrogens is 334 g/mol. The highest BCUT2D eigenvalue weighted by atomic mass is 16.7. The van der Waals surface area contributed by atoms with Gasteiger partial charge < -0.3 is 19.9 Å². The number of aromatic hydroxyl groups is 1. The molecule has 0 radical (unpaired) electrons. The van der Waals surface area contributed by atoms with Crippen LogP contribution in [0, 0.1) is 13.8 Å². The first-order valence-electron chi connectivity index (χ1n) is 8.09. The zero-order chi connectivity index (χ0) is 18.3. The molecule has 2 N–H and O–H groups in total. The molecule has 1 aliphatic heterocycles. The van der Waals surface area contributed by atoms with E-state index in [0.717, 1.165) is 17.1 Å². The highest BCUT2D eigenvalue weighted by molar-refractivity contribution is 6.06. The molecule has 0 aliphatic carbocycles. The lowest BCUT2D eigenvalue weighted by molar-refractivity contribution is 0.102. The lowest BCUT2D eigenvalue weighted by Gasteiger charge is -2.10. The first-order chi connectivity index (χ1) is 12.5. The van der Waals surface area contributed by atoms with Crippen LogP contribution in [0.5, 0.6) is 17.2 Å². The molecule has 3 aromatic rings. The predicted octanol–water partition coefficient (Wildman–Crippen LogP) is 3.18. The number of nitrogens with zero attached hydrogens (tertiary/aromatic N) is 2. The number of benzene rings is 2. The maximum absolute atomic E-state index is 12.6. The predicted molar refractivity (Wildman–Crippen MR) is 95.2 cm³/mol. The number of nitrogens with one attached hydrogen (secondary N) is 1. The Hall–Kier alpha value is -3.48. The van der Waals surface area contributed by atoms with Gasteiger partial charge in [0.25, 0.3) is 5.91 Å². The summed E-state index contributed by atoms with van der Waals surface area (Å²) >= 11 is 0. The second kappa shape index (κ2) is 6.11. The van der Waals surface area contributed by atoms with Crippen molar-refractivity contribution < 1.29 is 19.4 Å². The zero-order valence-electron chi connectivity index (χ0n) is 14.3. The maximum atomic E-state index is 12.6. The molecule has 4 rings (SSSR count). The molecule has 7 heteroatoms. The van der Waals surface area contributed by atoms with E-state index in [1.807, 2.05) is 42.8 Å². The van der Waals surface area contributed by atoms with Gasteiger partial charge >= 0.3 is 0 Å². The number of ether oxygens (including phenoxy) is 2. The Kier molecular flexibility index (Phi) is 3.76. The number of fused-ring (bicyclic) bond motifs is 1. The molecule has 2 aromatic carbocycles. The van der Waals surface area contributed by atoms with E-state index in [1.54, 1.807) is 6.07 Å². The fraction of sp³-hybridized carbons (Fsp3) is 0.158. The van der Waals surface area contributed by atoms with Crippen molar-refractivity contribution in [1.82, 2.24) is 9.78 Å². The molecule has 7 nitrogen and oxygen atoms in total. The Labute approximate surface area is 149 Å². The third-order valence-electron chi connectivity index (χ3n) is 4.09. The summed E-state index contributed by atoms with van der Waals surface area (Å²) in [6.07, 6.45) is 0. The summed E-state index contributed by atoms with van der Waals surface area (Å²) in [4.78, 5) is 12.6. The van der Waals surface area contributed by atoms with Crippen LogP contribution in [0.2, 0.25) is 0 Å². The summed E-state index contributed by atoms with van der Waals surface area (Å²) in [5.41, 5.74) is 3.47. The number of anilines is 1. The van der Waals surface area contributed by atoms with Crippen molar-refractivity contribution in [3.05, 3.63) is 59.4 Å². The van der Waals surface area contributed by atoms with Crippen LogP contribution in [0.15, 0.2) is 42.5 Å². The highest BCUT2D eigenvalue weighted by Crippen LogP contribution is 2.37. The maximum Gasteiger partial charge on any atom is 0.259 e. The van der Waals surface area contributed by atoms with Gasteiger partial charge in [0.1, 0.15) is 5.75 Å². The van der Waals surface area contributed by atoms with Crippen molar-refractivity contribution in [2.24, 2.45) is 0 Å². The topological polar surface area (TPSA) is 85.6 Å². The number of phenols is 1. The Morgan fingerprint density at radius 3 is 2.65 bits per heavy atom.